The van der Waals surface area contributed by atoms with Crippen LogP contribution in [0.15, 0.2) is 186 Å². The summed E-state index contributed by atoms with van der Waals surface area (Å²) in [4.78, 5) is 17.5. The maximum Gasteiger partial charge on any atom is 0.164 e. The highest BCUT2D eigenvalue weighted by Crippen LogP contribution is 2.45. The molecule has 0 fully saturated rings. The summed E-state index contributed by atoms with van der Waals surface area (Å²) in [5.41, 5.74) is 10.6. The Labute approximate surface area is 319 Å². The van der Waals surface area contributed by atoms with Crippen molar-refractivity contribution < 1.29 is 0 Å². The van der Waals surface area contributed by atoms with Crippen molar-refractivity contribution in [1.29, 1.82) is 0 Å². The first-order chi connectivity index (χ1) is 26.7. The van der Waals surface area contributed by atoms with Crippen LogP contribution >= 0.6 is 11.8 Å². The third-order valence-electron chi connectivity index (χ3n) is 10.6. The SMILES string of the molecule is c1ccc(CC2CCc3ccccc3Sc3cc4c(cc32)c2ccccc2n4-c2ccc(-c3nc(-c4ccccc4)nc(-c4ccccc4)n3)cc2)cc1. The molecule has 0 N–H and O–H groups in total. The van der Waals surface area contributed by atoms with E-state index >= 15 is 0 Å². The molecule has 1 aliphatic heterocycles. The van der Waals surface area contributed by atoms with Crippen LogP contribution < -0.4 is 0 Å². The molecule has 4 nitrogen and oxygen atoms in total. The van der Waals surface area contributed by atoms with Gasteiger partial charge >= 0.3 is 0 Å². The number of nitrogens with zero attached hydrogens (tertiary/aromatic N) is 4. The lowest BCUT2D eigenvalue weighted by Gasteiger charge is -2.25. The first-order valence-electron chi connectivity index (χ1n) is 18.6. The average molecular weight is 713 g/mol. The molecule has 10 rings (SSSR count). The molecule has 9 aromatic rings. The number of rotatable bonds is 6. The van der Waals surface area contributed by atoms with Gasteiger partial charge in [0.1, 0.15) is 0 Å². The second-order valence-corrected chi connectivity index (χ2v) is 15.1. The smallest absolute Gasteiger partial charge is 0.164 e. The quantitative estimate of drug-likeness (QED) is 0.172. The fourth-order valence-corrected chi connectivity index (χ4v) is 9.12. The van der Waals surface area contributed by atoms with Gasteiger partial charge in [0.25, 0.3) is 0 Å². The molecule has 258 valence electrons. The van der Waals surface area contributed by atoms with Gasteiger partial charge in [-0.25, -0.2) is 15.0 Å². The third kappa shape index (κ3) is 6.07. The molecule has 7 aromatic carbocycles. The average Bonchev–Trinajstić information content (AvgIpc) is 3.56. The molecule has 1 atom stereocenters. The van der Waals surface area contributed by atoms with Crippen molar-refractivity contribution in [2.75, 3.05) is 0 Å². The normalized spacial score (nSPS) is 14.0. The zero-order chi connectivity index (χ0) is 35.8. The summed E-state index contributed by atoms with van der Waals surface area (Å²) in [7, 11) is 0. The lowest BCUT2D eigenvalue weighted by Crippen LogP contribution is -2.09. The Morgan fingerprint density at radius 1 is 0.500 bits per heavy atom. The first kappa shape index (κ1) is 32.4. The van der Waals surface area contributed by atoms with E-state index in [9.17, 15) is 0 Å². The third-order valence-corrected chi connectivity index (χ3v) is 11.8. The highest BCUT2D eigenvalue weighted by Gasteiger charge is 2.24. The molecule has 2 aromatic heterocycles. The Balaban J connectivity index is 1.11. The maximum atomic E-state index is 4.98. The highest BCUT2D eigenvalue weighted by molar-refractivity contribution is 7.99. The summed E-state index contributed by atoms with van der Waals surface area (Å²) >= 11 is 1.92. The molecule has 0 saturated heterocycles. The van der Waals surface area contributed by atoms with Crippen LogP contribution in [-0.2, 0) is 12.8 Å². The van der Waals surface area contributed by atoms with Crippen LogP contribution in [0.2, 0.25) is 0 Å². The van der Waals surface area contributed by atoms with Crippen molar-refractivity contribution in [3.05, 3.63) is 193 Å². The minimum Gasteiger partial charge on any atom is -0.309 e. The second-order valence-electron chi connectivity index (χ2n) is 14.0. The van der Waals surface area contributed by atoms with Crippen LogP contribution in [0.4, 0.5) is 0 Å². The van der Waals surface area contributed by atoms with E-state index in [0.717, 1.165) is 41.6 Å². The lowest BCUT2D eigenvalue weighted by molar-refractivity contribution is 0.607. The van der Waals surface area contributed by atoms with Gasteiger partial charge in [0.15, 0.2) is 17.5 Å². The van der Waals surface area contributed by atoms with Gasteiger partial charge in [-0.3, -0.25) is 0 Å². The van der Waals surface area contributed by atoms with Gasteiger partial charge in [-0.15, -0.1) is 0 Å². The number of fused-ring (bicyclic) bond motifs is 5. The minimum atomic E-state index is 0.413. The molecule has 1 aliphatic rings. The van der Waals surface area contributed by atoms with E-state index in [4.69, 9.17) is 15.0 Å². The van der Waals surface area contributed by atoms with E-state index in [0.29, 0.717) is 23.4 Å². The van der Waals surface area contributed by atoms with Gasteiger partial charge in [0.2, 0.25) is 0 Å². The van der Waals surface area contributed by atoms with Gasteiger partial charge in [-0.2, -0.15) is 0 Å². The van der Waals surface area contributed by atoms with Crippen molar-refractivity contribution >= 4 is 33.6 Å². The Kier molecular flexibility index (Phi) is 8.34. The Morgan fingerprint density at radius 2 is 1.07 bits per heavy atom. The standard InChI is InChI=1S/C49H36N4S/c1-4-14-33(15-5-1)30-38-25-24-34-16-10-13-23-45(34)54-46-32-44-42(31-41(38)46)40-21-11-12-22-43(40)53(44)39-28-26-37(27-29-39)49-51-47(35-17-6-2-7-18-35)50-48(52-49)36-19-8-3-9-20-36/h1-23,26-29,31-32,38H,24-25,30H2. The summed E-state index contributed by atoms with van der Waals surface area (Å²) in [6, 6.07) is 62.7. The highest BCUT2D eigenvalue weighted by atomic mass is 32.2. The van der Waals surface area contributed by atoms with Gasteiger partial charge < -0.3 is 4.57 Å². The molecule has 54 heavy (non-hydrogen) atoms. The molecular weight excluding hydrogens is 677 g/mol. The number of para-hydroxylation sites is 1. The van der Waals surface area contributed by atoms with Gasteiger partial charge in [-0.1, -0.05) is 139 Å². The van der Waals surface area contributed by atoms with Crippen LogP contribution in [0.3, 0.4) is 0 Å². The molecule has 0 aliphatic carbocycles. The summed E-state index contributed by atoms with van der Waals surface area (Å²) < 4.78 is 2.42. The van der Waals surface area contributed by atoms with Gasteiger partial charge in [0, 0.05) is 42.9 Å². The van der Waals surface area contributed by atoms with E-state index in [1.54, 1.807) is 0 Å². The summed E-state index contributed by atoms with van der Waals surface area (Å²) in [6.07, 6.45) is 3.21. The van der Waals surface area contributed by atoms with Crippen LogP contribution in [0.5, 0.6) is 0 Å². The molecule has 5 heteroatoms. The van der Waals surface area contributed by atoms with Crippen molar-refractivity contribution in [2.45, 2.75) is 35.0 Å². The summed E-state index contributed by atoms with van der Waals surface area (Å²) in [5, 5.41) is 2.56. The Hall–Kier alpha value is -6.30. The summed E-state index contributed by atoms with van der Waals surface area (Å²) in [6.45, 7) is 0. The van der Waals surface area contributed by atoms with Crippen molar-refractivity contribution in [3.63, 3.8) is 0 Å². The summed E-state index contributed by atoms with van der Waals surface area (Å²) in [5.74, 6) is 2.38. The molecular formula is C49H36N4S. The van der Waals surface area contributed by atoms with Crippen LogP contribution in [-0.4, -0.2) is 19.5 Å². The number of benzene rings is 7. The van der Waals surface area contributed by atoms with Crippen molar-refractivity contribution in [1.82, 2.24) is 19.5 Å². The van der Waals surface area contributed by atoms with Crippen LogP contribution in [0, 0.1) is 0 Å². The topological polar surface area (TPSA) is 43.6 Å². The number of aromatic nitrogens is 4. The second kappa shape index (κ2) is 13.9. The fourth-order valence-electron chi connectivity index (χ4n) is 7.92. The Morgan fingerprint density at radius 3 is 1.76 bits per heavy atom. The molecule has 3 heterocycles. The molecule has 0 saturated carbocycles. The predicted molar refractivity (Wildman–Crippen MR) is 222 cm³/mol. The maximum absolute atomic E-state index is 4.98. The van der Waals surface area contributed by atoms with Gasteiger partial charge in [0.05, 0.1) is 11.0 Å². The Bertz CT molecular complexity index is 2700. The molecule has 1 unspecified atom stereocenters. The van der Waals surface area contributed by atoms with E-state index in [-0.39, 0.29) is 0 Å². The van der Waals surface area contributed by atoms with Crippen LogP contribution in [0.1, 0.15) is 29.0 Å². The van der Waals surface area contributed by atoms with E-state index in [1.165, 1.54) is 48.3 Å². The first-order valence-corrected chi connectivity index (χ1v) is 19.4. The predicted octanol–water partition coefficient (Wildman–Crippen LogP) is 12.4. The van der Waals surface area contributed by atoms with E-state index in [2.05, 4.69) is 120 Å². The minimum absolute atomic E-state index is 0.413. The molecule has 0 amide bonds. The lowest BCUT2D eigenvalue weighted by atomic mass is 9.86. The molecule has 0 bridgehead atoms. The van der Waals surface area contributed by atoms with Crippen molar-refractivity contribution in [2.24, 2.45) is 0 Å². The number of hydrogen-bond acceptors (Lipinski definition) is 4. The number of hydrogen-bond donors (Lipinski definition) is 0. The van der Waals surface area contributed by atoms with Crippen molar-refractivity contribution in [3.8, 4) is 39.9 Å². The zero-order valence-corrected chi connectivity index (χ0v) is 30.5. The van der Waals surface area contributed by atoms with E-state index < -0.39 is 0 Å². The monoisotopic (exact) mass is 712 g/mol. The number of aryl methyl sites for hydroxylation is 1. The molecule has 0 radical (unpaired) electrons. The fraction of sp³-hybridized carbons (Fsp3) is 0.0816. The van der Waals surface area contributed by atoms with Gasteiger partial charge in [-0.05, 0) is 90.4 Å². The zero-order valence-electron chi connectivity index (χ0n) is 29.6. The van der Waals surface area contributed by atoms with Crippen LogP contribution in [0.25, 0.3) is 61.7 Å². The molecule has 0 spiro atoms. The van der Waals surface area contributed by atoms with E-state index in [1.807, 2.05) is 72.4 Å². The largest absolute Gasteiger partial charge is 0.309 e.